The lowest BCUT2D eigenvalue weighted by Crippen LogP contribution is -2.49. The highest BCUT2D eigenvalue weighted by Crippen LogP contribution is 2.45. The van der Waals surface area contributed by atoms with Crippen molar-refractivity contribution < 1.29 is 9.53 Å². The molecular formula is C18H24N2O2. The molecule has 2 heterocycles. The van der Waals surface area contributed by atoms with Crippen molar-refractivity contribution in [3.05, 3.63) is 29.8 Å². The summed E-state index contributed by atoms with van der Waals surface area (Å²) in [5.74, 6) is 1.47. The Bertz CT molecular complexity index is 562. The second kappa shape index (κ2) is 5.58. The Hall–Kier alpha value is -1.55. The van der Waals surface area contributed by atoms with E-state index in [1.807, 2.05) is 6.07 Å². The van der Waals surface area contributed by atoms with Crippen LogP contribution < -0.4 is 15.4 Å². The standard InChI is InChI=1S/C18H24N2O2/c21-17(20-14-5-6-14)11-13-12-18(7-9-19-10-8-18)22-16-4-2-1-3-15(13)16/h1-4,13-14,19H,5-12H2,(H,20,21)/t13-/m1/s1. The summed E-state index contributed by atoms with van der Waals surface area (Å²) in [7, 11) is 0. The van der Waals surface area contributed by atoms with Crippen LogP contribution in [-0.2, 0) is 4.79 Å². The van der Waals surface area contributed by atoms with Crippen LogP contribution in [0.15, 0.2) is 24.3 Å². The van der Waals surface area contributed by atoms with Crippen molar-refractivity contribution >= 4 is 5.91 Å². The molecule has 1 saturated carbocycles. The molecular weight excluding hydrogens is 276 g/mol. The molecule has 1 aromatic carbocycles. The largest absolute Gasteiger partial charge is 0.487 e. The van der Waals surface area contributed by atoms with Crippen molar-refractivity contribution in [2.24, 2.45) is 0 Å². The number of piperidine rings is 1. The fourth-order valence-corrected chi connectivity index (χ4v) is 3.85. The number of carbonyl (C=O) groups excluding carboxylic acids is 1. The first-order valence-electron chi connectivity index (χ1n) is 8.52. The molecule has 3 aliphatic rings. The van der Waals surface area contributed by atoms with Crippen LogP contribution in [0.5, 0.6) is 5.75 Å². The first-order chi connectivity index (χ1) is 10.7. The number of amides is 1. The molecule has 1 saturated heterocycles. The summed E-state index contributed by atoms with van der Waals surface area (Å²) >= 11 is 0. The molecule has 2 fully saturated rings. The van der Waals surface area contributed by atoms with Crippen LogP contribution in [0.4, 0.5) is 0 Å². The maximum atomic E-state index is 12.3. The van der Waals surface area contributed by atoms with Crippen LogP contribution in [0.1, 0.15) is 50.0 Å². The third-order valence-electron chi connectivity index (χ3n) is 5.19. The zero-order valence-electron chi connectivity index (χ0n) is 12.9. The van der Waals surface area contributed by atoms with Crippen LogP contribution in [-0.4, -0.2) is 30.6 Å². The zero-order chi connectivity index (χ0) is 15.0. The second-order valence-corrected chi connectivity index (χ2v) is 7.02. The summed E-state index contributed by atoms with van der Waals surface area (Å²) in [6.45, 7) is 2.01. The molecule has 22 heavy (non-hydrogen) atoms. The minimum absolute atomic E-state index is 0.0792. The van der Waals surface area contributed by atoms with Crippen molar-refractivity contribution in [1.82, 2.24) is 10.6 Å². The van der Waals surface area contributed by atoms with E-state index in [1.54, 1.807) is 0 Å². The van der Waals surface area contributed by atoms with Crippen LogP contribution in [0, 0.1) is 0 Å². The SMILES string of the molecule is O=C(C[C@@H]1CC2(CCNCC2)Oc2ccccc21)NC1CC1. The van der Waals surface area contributed by atoms with Gasteiger partial charge in [-0.3, -0.25) is 4.79 Å². The monoisotopic (exact) mass is 300 g/mol. The lowest BCUT2D eigenvalue weighted by Gasteiger charge is -2.44. The number of rotatable bonds is 3. The van der Waals surface area contributed by atoms with Crippen molar-refractivity contribution in [2.45, 2.75) is 56.1 Å². The van der Waals surface area contributed by atoms with E-state index in [0.29, 0.717) is 12.5 Å². The van der Waals surface area contributed by atoms with E-state index in [4.69, 9.17) is 4.74 Å². The fraction of sp³-hybridized carbons (Fsp3) is 0.611. The minimum Gasteiger partial charge on any atom is -0.487 e. The minimum atomic E-state index is -0.0792. The van der Waals surface area contributed by atoms with Gasteiger partial charge in [0.05, 0.1) is 0 Å². The van der Waals surface area contributed by atoms with E-state index in [9.17, 15) is 4.79 Å². The van der Waals surface area contributed by atoms with Gasteiger partial charge in [-0.15, -0.1) is 0 Å². The van der Waals surface area contributed by atoms with Gasteiger partial charge in [-0.05, 0) is 56.8 Å². The molecule has 4 nitrogen and oxygen atoms in total. The van der Waals surface area contributed by atoms with E-state index in [0.717, 1.165) is 50.9 Å². The maximum Gasteiger partial charge on any atom is 0.220 e. The Labute approximate surface area is 131 Å². The summed E-state index contributed by atoms with van der Waals surface area (Å²) < 4.78 is 6.39. The molecule has 118 valence electrons. The van der Waals surface area contributed by atoms with Gasteiger partial charge < -0.3 is 15.4 Å². The molecule has 1 atom stereocenters. The van der Waals surface area contributed by atoms with Gasteiger partial charge in [0.1, 0.15) is 11.4 Å². The van der Waals surface area contributed by atoms with Crippen LogP contribution in [0.3, 0.4) is 0 Å². The molecule has 1 aromatic rings. The second-order valence-electron chi connectivity index (χ2n) is 7.02. The lowest BCUT2D eigenvalue weighted by atomic mass is 9.76. The highest BCUT2D eigenvalue weighted by Gasteiger charge is 2.42. The highest BCUT2D eigenvalue weighted by atomic mass is 16.5. The molecule has 0 bridgehead atoms. The smallest absolute Gasteiger partial charge is 0.220 e. The number of para-hydroxylation sites is 1. The summed E-state index contributed by atoms with van der Waals surface area (Å²) in [4.78, 5) is 12.3. The Morgan fingerprint density at radius 2 is 2.05 bits per heavy atom. The maximum absolute atomic E-state index is 12.3. The van der Waals surface area contributed by atoms with Crippen molar-refractivity contribution in [2.75, 3.05) is 13.1 Å². The van der Waals surface area contributed by atoms with E-state index in [1.165, 1.54) is 5.56 Å². The van der Waals surface area contributed by atoms with Gasteiger partial charge in [0.2, 0.25) is 5.91 Å². The van der Waals surface area contributed by atoms with Crippen molar-refractivity contribution in [3.63, 3.8) is 0 Å². The van der Waals surface area contributed by atoms with Crippen molar-refractivity contribution in [1.29, 1.82) is 0 Å². The third-order valence-corrected chi connectivity index (χ3v) is 5.19. The molecule has 1 aliphatic carbocycles. The van der Waals surface area contributed by atoms with Gasteiger partial charge in [0, 0.05) is 18.4 Å². The molecule has 0 aromatic heterocycles. The molecule has 4 heteroatoms. The number of hydrogen-bond acceptors (Lipinski definition) is 3. The molecule has 4 rings (SSSR count). The van der Waals surface area contributed by atoms with Gasteiger partial charge >= 0.3 is 0 Å². The average Bonchev–Trinajstić information content (AvgIpc) is 3.32. The summed E-state index contributed by atoms with van der Waals surface area (Å²) in [6, 6.07) is 8.70. The highest BCUT2D eigenvalue weighted by molar-refractivity contribution is 5.77. The number of carbonyl (C=O) groups is 1. The predicted molar refractivity (Wildman–Crippen MR) is 85.0 cm³/mol. The van der Waals surface area contributed by atoms with E-state index in [2.05, 4.69) is 28.8 Å². The summed E-state index contributed by atoms with van der Waals surface area (Å²) in [6.07, 6.45) is 5.90. The first kappa shape index (κ1) is 14.1. The first-order valence-corrected chi connectivity index (χ1v) is 8.52. The van der Waals surface area contributed by atoms with Gasteiger partial charge in [-0.1, -0.05) is 18.2 Å². The quantitative estimate of drug-likeness (QED) is 0.901. The molecule has 1 spiro atoms. The normalized spacial score (nSPS) is 26.1. The summed E-state index contributed by atoms with van der Waals surface area (Å²) in [5.41, 5.74) is 1.13. The Balaban J connectivity index is 1.56. The molecule has 2 N–H and O–H groups in total. The van der Waals surface area contributed by atoms with E-state index in [-0.39, 0.29) is 17.4 Å². The predicted octanol–water partition coefficient (Wildman–Crippen LogP) is 2.34. The number of hydrogen-bond donors (Lipinski definition) is 2. The fourth-order valence-electron chi connectivity index (χ4n) is 3.85. The Morgan fingerprint density at radius 3 is 2.82 bits per heavy atom. The van der Waals surface area contributed by atoms with Gasteiger partial charge in [0.15, 0.2) is 0 Å². The van der Waals surface area contributed by atoms with E-state index < -0.39 is 0 Å². The third kappa shape index (κ3) is 2.84. The van der Waals surface area contributed by atoms with Crippen LogP contribution in [0.2, 0.25) is 0 Å². The number of fused-ring (bicyclic) bond motifs is 1. The molecule has 2 aliphatic heterocycles. The number of nitrogens with one attached hydrogen (secondary N) is 2. The molecule has 1 amide bonds. The average molecular weight is 300 g/mol. The Kier molecular flexibility index (Phi) is 3.57. The van der Waals surface area contributed by atoms with Gasteiger partial charge in [-0.2, -0.15) is 0 Å². The molecule has 0 radical (unpaired) electrons. The number of benzene rings is 1. The molecule has 0 unspecified atom stereocenters. The zero-order valence-corrected chi connectivity index (χ0v) is 12.9. The Morgan fingerprint density at radius 1 is 1.27 bits per heavy atom. The van der Waals surface area contributed by atoms with E-state index >= 15 is 0 Å². The van der Waals surface area contributed by atoms with Crippen molar-refractivity contribution in [3.8, 4) is 5.75 Å². The number of ether oxygens (including phenoxy) is 1. The summed E-state index contributed by atoms with van der Waals surface area (Å²) in [5, 5.41) is 6.54. The lowest BCUT2D eigenvalue weighted by molar-refractivity contribution is -0.122. The van der Waals surface area contributed by atoms with Gasteiger partial charge in [-0.25, -0.2) is 0 Å². The van der Waals surface area contributed by atoms with Gasteiger partial charge in [0.25, 0.3) is 0 Å². The topological polar surface area (TPSA) is 50.4 Å². The van der Waals surface area contributed by atoms with Crippen LogP contribution in [0.25, 0.3) is 0 Å². The van der Waals surface area contributed by atoms with Crippen LogP contribution >= 0.6 is 0 Å².